The molecule has 2 heterocycles. The number of hydrogen-bond acceptors (Lipinski definition) is 2. The van der Waals surface area contributed by atoms with E-state index in [0.29, 0.717) is 0 Å². The van der Waals surface area contributed by atoms with Gasteiger partial charge in [-0.15, -0.1) is 0 Å². The van der Waals surface area contributed by atoms with Crippen LogP contribution in [0.5, 0.6) is 0 Å². The Morgan fingerprint density at radius 2 is 0.875 bits per heavy atom. The highest BCUT2D eigenvalue weighted by molar-refractivity contribution is 4.62. The van der Waals surface area contributed by atoms with E-state index in [1.165, 1.54) is 77.8 Å². The first-order valence-electron chi connectivity index (χ1n) is 7.31. The summed E-state index contributed by atoms with van der Waals surface area (Å²) in [4.78, 5) is 5.03. The molecule has 2 rings (SSSR count). The van der Waals surface area contributed by atoms with Crippen molar-refractivity contribution >= 4 is 0 Å². The van der Waals surface area contributed by atoms with Crippen molar-refractivity contribution in [1.82, 2.24) is 9.80 Å². The molecule has 0 radical (unpaired) electrons. The summed E-state index contributed by atoms with van der Waals surface area (Å²) >= 11 is 0. The Morgan fingerprint density at radius 1 is 0.562 bits per heavy atom. The van der Waals surface area contributed by atoms with Gasteiger partial charge in [-0.3, -0.25) is 0 Å². The first-order chi connectivity index (χ1) is 7.86. The Hall–Kier alpha value is -0.0800. The maximum Gasteiger partial charge on any atom is -0.00188 e. The lowest BCUT2D eigenvalue weighted by atomic mass is 10.1. The van der Waals surface area contributed by atoms with Gasteiger partial charge < -0.3 is 9.80 Å². The molecule has 0 spiro atoms. The third-order valence-electron chi connectivity index (χ3n) is 3.79. The average molecular weight is 226 g/mol. The topological polar surface area (TPSA) is 6.48 Å². The van der Waals surface area contributed by atoms with Gasteiger partial charge in [0.1, 0.15) is 0 Å². The third kappa shape index (κ3) is 5.86. The van der Waals surface area contributed by atoms with Gasteiger partial charge in [0.2, 0.25) is 0 Å². The molecule has 2 saturated heterocycles. The third-order valence-corrected chi connectivity index (χ3v) is 3.79. The van der Waals surface area contributed by atoms with E-state index in [1.807, 2.05) is 0 Å². The van der Waals surface area contributed by atoms with Gasteiger partial charge in [0.05, 0.1) is 0 Å². The van der Waals surface area contributed by atoms with Crippen molar-refractivity contribution in [2.24, 2.45) is 0 Å². The molecule has 96 valence electrons. The monoisotopic (exact) mass is 226 g/mol. The van der Waals surface area contributed by atoms with Gasteiger partial charge in [-0.05, 0) is 65.0 Å². The quantitative estimate of drug-likeness (QED) is 0.714. The second-order valence-electron chi connectivity index (χ2n) is 4.99. The Balaban J connectivity index is 0.000000160. The van der Waals surface area contributed by atoms with E-state index in [4.69, 9.17) is 0 Å². The molecule has 2 fully saturated rings. The first kappa shape index (κ1) is 14.0. The van der Waals surface area contributed by atoms with Crippen LogP contribution in [0.15, 0.2) is 0 Å². The van der Waals surface area contributed by atoms with Gasteiger partial charge in [0.25, 0.3) is 0 Å². The normalized spacial score (nSPS) is 23.6. The molecule has 0 amide bonds. The minimum Gasteiger partial charge on any atom is -0.304 e. The van der Waals surface area contributed by atoms with Gasteiger partial charge in [0, 0.05) is 0 Å². The largest absolute Gasteiger partial charge is 0.304 e. The van der Waals surface area contributed by atoms with Gasteiger partial charge in [0.15, 0.2) is 0 Å². The van der Waals surface area contributed by atoms with Crippen LogP contribution in [0.1, 0.15) is 52.4 Å². The summed E-state index contributed by atoms with van der Waals surface area (Å²) < 4.78 is 0. The number of rotatable bonds is 2. The van der Waals surface area contributed by atoms with Crippen LogP contribution in [0.25, 0.3) is 0 Å². The van der Waals surface area contributed by atoms with Gasteiger partial charge in [-0.25, -0.2) is 0 Å². The summed E-state index contributed by atoms with van der Waals surface area (Å²) in [6, 6.07) is 0. The SMILES string of the molecule is CCN1CCCCC1.CCN1CCCCC1. The van der Waals surface area contributed by atoms with Gasteiger partial charge in [-0.1, -0.05) is 26.7 Å². The molecular weight excluding hydrogens is 196 g/mol. The fourth-order valence-corrected chi connectivity index (χ4v) is 2.55. The lowest BCUT2D eigenvalue weighted by molar-refractivity contribution is 0.240. The number of nitrogens with zero attached hydrogens (tertiary/aromatic N) is 2. The molecule has 0 N–H and O–H groups in total. The minimum atomic E-state index is 1.25. The predicted molar refractivity (Wildman–Crippen MR) is 71.9 cm³/mol. The molecule has 0 aliphatic carbocycles. The molecule has 0 aromatic rings. The number of likely N-dealkylation sites (tertiary alicyclic amines) is 2. The van der Waals surface area contributed by atoms with Gasteiger partial charge >= 0.3 is 0 Å². The van der Waals surface area contributed by atoms with Crippen LogP contribution in [0, 0.1) is 0 Å². The maximum atomic E-state index is 2.52. The fraction of sp³-hybridized carbons (Fsp3) is 1.00. The first-order valence-corrected chi connectivity index (χ1v) is 7.31. The Labute approximate surface area is 102 Å². The van der Waals surface area contributed by atoms with Crippen LogP contribution in [-0.4, -0.2) is 49.1 Å². The van der Waals surface area contributed by atoms with Crippen molar-refractivity contribution < 1.29 is 0 Å². The van der Waals surface area contributed by atoms with E-state index in [0.717, 1.165) is 0 Å². The predicted octanol–water partition coefficient (Wildman–Crippen LogP) is 2.98. The Morgan fingerprint density at radius 3 is 1.06 bits per heavy atom. The summed E-state index contributed by atoms with van der Waals surface area (Å²) in [5, 5.41) is 0. The molecule has 0 saturated carbocycles. The van der Waals surface area contributed by atoms with Gasteiger partial charge in [-0.2, -0.15) is 0 Å². The van der Waals surface area contributed by atoms with Crippen LogP contribution < -0.4 is 0 Å². The van der Waals surface area contributed by atoms with Crippen LogP contribution >= 0.6 is 0 Å². The highest BCUT2D eigenvalue weighted by atomic mass is 15.1. The summed E-state index contributed by atoms with van der Waals surface area (Å²) in [5.41, 5.74) is 0. The second kappa shape index (κ2) is 9.00. The second-order valence-corrected chi connectivity index (χ2v) is 4.99. The van der Waals surface area contributed by atoms with Crippen molar-refractivity contribution in [2.45, 2.75) is 52.4 Å². The summed E-state index contributed by atoms with van der Waals surface area (Å²) in [7, 11) is 0. The zero-order valence-electron chi connectivity index (χ0n) is 11.4. The van der Waals surface area contributed by atoms with Crippen molar-refractivity contribution in [1.29, 1.82) is 0 Å². The lowest BCUT2D eigenvalue weighted by Gasteiger charge is -2.24. The molecule has 2 nitrogen and oxygen atoms in total. The van der Waals surface area contributed by atoms with Crippen molar-refractivity contribution in [3.8, 4) is 0 Å². The van der Waals surface area contributed by atoms with Crippen LogP contribution in [0.3, 0.4) is 0 Å². The zero-order chi connectivity index (χ0) is 11.6. The highest BCUT2D eigenvalue weighted by Gasteiger charge is 2.06. The smallest absolute Gasteiger partial charge is 0.00188 e. The average Bonchev–Trinajstić information content (AvgIpc) is 2.41. The standard InChI is InChI=1S/2C7H15N/c2*1-2-8-6-4-3-5-7-8/h2*2-7H2,1H3. The highest BCUT2D eigenvalue weighted by Crippen LogP contribution is 2.07. The Bertz CT molecular complexity index is 129. The zero-order valence-corrected chi connectivity index (χ0v) is 11.4. The van der Waals surface area contributed by atoms with E-state index in [9.17, 15) is 0 Å². The van der Waals surface area contributed by atoms with Crippen LogP contribution in [0.2, 0.25) is 0 Å². The van der Waals surface area contributed by atoms with Crippen LogP contribution in [0.4, 0.5) is 0 Å². The summed E-state index contributed by atoms with van der Waals surface area (Å²) in [6.45, 7) is 12.4. The van der Waals surface area contributed by atoms with E-state index in [1.54, 1.807) is 0 Å². The lowest BCUT2D eigenvalue weighted by Crippen LogP contribution is -2.29. The Kier molecular flexibility index (Phi) is 7.87. The number of piperidine rings is 2. The molecule has 2 heteroatoms. The molecule has 0 atom stereocenters. The minimum absolute atomic E-state index is 1.25. The molecule has 2 aliphatic rings. The fourth-order valence-electron chi connectivity index (χ4n) is 2.55. The molecule has 0 aromatic carbocycles. The van der Waals surface area contributed by atoms with Crippen molar-refractivity contribution in [2.75, 3.05) is 39.3 Å². The van der Waals surface area contributed by atoms with E-state index in [-0.39, 0.29) is 0 Å². The molecule has 0 aromatic heterocycles. The molecule has 16 heavy (non-hydrogen) atoms. The van der Waals surface area contributed by atoms with Crippen molar-refractivity contribution in [3.05, 3.63) is 0 Å². The molecule has 2 aliphatic heterocycles. The summed E-state index contributed by atoms with van der Waals surface area (Å²) in [6.07, 6.45) is 8.61. The van der Waals surface area contributed by atoms with Crippen molar-refractivity contribution in [3.63, 3.8) is 0 Å². The summed E-state index contributed by atoms with van der Waals surface area (Å²) in [5.74, 6) is 0. The molecule has 0 unspecified atom stereocenters. The van der Waals surface area contributed by atoms with Crippen LogP contribution in [-0.2, 0) is 0 Å². The van der Waals surface area contributed by atoms with E-state index >= 15 is 0 Å². The number of hydrogen-bond donors (Lipinski definition) is 0. The molecule has 0 bridgehead atoms. The maximum absolute atomic E-state index is 2.52. The van der Waals surface area contributed by atoms with E-state index < -0.39 is 0 Å². The van der Waals surface area contributed by atoms with E-state index in [2.05, 4.69) is 23.6 Å². The molecular formula is C14H30N2.